The zero-order valence-electron chi connectivity index (χ0n) is 6.54. The third-order valence-corrected chi connectivity index (χ3v) is 1.47. The van der Waals surface area contributed by atoms with Gasteiger partial charge in [0.1, 0.15) is 6.20 Å². The van der Waals surface area contributed by atoms with Crippen LogP contribution < -0.4 is 0 Å². The second-order valence-corrected chi connectivity index (χ2v) is 2.92. The van der Waals surface area contributed by atoms with Crippen LogP contribution in [0.2, 0.25) is 0 Å². The molecule has 0 atom stereocenters. The number of imidazole rings is 1. The summed E-state index contributed by atoms with van der Waals surface area (Å²) >= 11 is 0. The molecule has 0 saturated heterocycles. The van der Waals surface area contributed by atoms with Crippen LogP contribution >= 0.6 is 0 Å². The molecule has 1 heterocycles. The summed E-state index contributed by atoms with van der Waals surface area (Å²) in [4.78, 5) is 3.84. The molecule has 2 nitrogen and oxygen atoms in total. The summed E-state index contributed by atoms with van der Waals surface area (Å²) in [6.07, 6.45) is 7.66. The molecule has 0 bridgehead atoms. The summed E-state index contributed by atoms with van der Waals surface area (Å²) in [5.74, 6) is 0.766. The van der Waals surface area contributed by atoms with Crippen molar-refractivity contribution in [2.45, 2.75) is 26.8 Å². The van der Waals surface area contributed by atoms with Crippen LogP contribution in [0.3, 0.4) is 0 Å². The summed E-state index contributed by atoms with van der Waals surface area (Å²) in [7, 11) is 0. The van der Waals surface area contributed by atoms with Crippen LogP contribution in [0.4, 0.5) is 0 Å². The molecule has 0 unspecified atom stereocenters. The highest BCUT2D eigenvalue weighted by molar-refractivity contribution is 4.71. The maximum atomic E-state index is 3.84. The van der Waals surface area contributed by atoms with Gasteiger partial charge in [0.15, 0.2) is 0 Å². The molecule has 10 heavy (non-hydrogen) atoms. The van der Waals surface area contributed by atoms with E-state index in [-0.39, 0.29) is 0 Å². The van der Waals surface area contributed by atoms with E-state index in [1.165, 1.54) is 6.42 Å². The second-order valence-electron chi connectivity index (χ2n) is 2.92. The maximum absolute atomic E-state index is 3.84. The van der Waals surface area contributed by atoms with Crippen molar-refractivity contribution in [3.8, 4) is 0 Å². The van der Waals surface area contributed by atoms with E-state index >= 15 is 0 Å². The molecule has 0 aliphatic heterocycles. The van der Waals surface area contributed by atoms with Gasteiger partial charge in [-0.15, -0.1) is 0 Å². The third kappa shape index (κ3) is 2.21. The molecule has 0 aliphatic rings. The molecule has 55 valence electrons. The van der Waals surface area contributed by atoms with E-state index < -0.39 is 0 Å². The van der Waals surface area contributed by atoms with Crippen LogP contribution in [0.25, 0.3) is 0 Å². The van der Waals surface area contributed by atoms with E-state index in [1.54, 1.807) is 0 Å². The number of nitrogens with zero attached hydrogens (tertiary/aromatic N) is 2. The van der Waals surface area contributed by atoms with E-state index in [4.69, 9.17) is 0 Å². The van der Waals surface area contributed by atoms with E-state index in [0.29, 0.717) is 0 Å². The average Bonchev–Trinajstić information content (AvgIpc) is 2.34. The van der Waals surface area contributed by atoms with Crippen molar-refractivity contribution < 1.29 is 0 Å². The molecular formula is C8H13N2. The minimum atomic E-state index is 0.766. The monoisotopic (exact) mass is 137 g/mol. The summed E-state index contributed by atoms with van der Waals surface area (Å²) in [6.45, 7) is 5.51. The van der Waals surface area contributed by atoms with Crippen molar-refractivity contribution in [1.29, 1.82) is 0 Å². The van der Waals surface area contributed by atoms with Crippen molar-refractivity contribution >= 4 is 0 Å². The molecule has 0 aliphatic carbocycles. The minimum absolute atomic E-state index is 0.766. The largest absolute Gasteiger partial charge is 0.337 e. The van der Waals surface area contributed by atoms with Gasteiger partial charge in [-0.2, -0.15) is 0 Å². The molecule has 1 radical (unpaired) electrons. The fraction of sp³-hybridized carbons (Fsp3) is 0.625. The SMILES string of the molecule is CC(C)CCn1c[c]nc1. The Kier molecular flexibility index (Phi) is 2.49. The van der Waals surface area contributed by atoms with E-state index in [1.807, 2.05) is 12.5 Å². The van der Waals surface area contributed by atoms with Crippen LogP contribution in [-0.4, -0.2) is 9.55 Å². The highest BCUT2D eigenvalue weighted by Gasteiger charge is 1.93. The van der Waals surface area contributed by atoms with Crippen LogP contribution in [0.5, 0.6) is 0 Å². The first-order valence-electron chi connectivity index (χ1n) is 3.67. The van der Waals surface area contributed by atoms with Gasteiger partial charge in [0.2, 0.25) is 0 Å². The topological polar surface area (TPSA) is 17.8 Å². The van der Waals surface area contributed by atoms with E-state index in [2.05, 4.69) is 29.6 Å². The van der Waals surface area contributed by atoms with Crippen LogP contribution in [0, 0.1) is 12.1 Å². The maximum Gasteiger partial charge on any atom is 0.108 e. The fourth-order valence-corrected chi connectivity index (χ4v) is 0.778. The number of hydrogen-bond donors (Lipinski definition) is 0. The summed E-state index contributed by atoms with van der Waals surface area (Å²) < 4.78 is 2.06. The molecule has 0 saturated carbocycles. The lowest BCUT2D eigenvalue weighted by Gasteiger charge is -2.03. The Morgan fingerprint density at radius 2 is 2.40 bits per heavy atom. The predicted octanol–water partition coefficient (Wildman–Crippen LogP) is 1.73. The highest BCUT2D eigenvalue weighted by Crippen LogP contribution is 2.01. The minimum Gasteiger partial charge on any atom is -0.337 e. The number of aromatic nitrogens is 2. The molecule has 0 fully saturated rings. The molecule has 1 rings (SSSR count). The van der Waals surface area contributed by atoms with Gasteiger partial charge in [0.05, 0.1) is 6.33 Å². The van der Waals surface area contributed by atoms with Gasteiger partial charge < -0.3 is 4.57 Å². The lowest BCUT2D eigenvalue weighted by molar-refractivity contribution is 0.516. The molecule has 0 aromatic carbocycles. The molecule has 1 aromatic heterocycles. The van der Waals surface area contributed by atoms with E-state index in [0.717, 1.165) is 12.5 Å². The van der Waals surface area contributed by atoms with Gasteiger partial charge in [-0.1, -0.05) is 13.8 Å². The summed E-state index contributed by atoms with van der Waals surface area (Å²) in [5.41, 5.74) is 0. The normalized spacial score (nSPS) is 10.7. The predicted molar refractivity (Wildman–Crippen MR) is 40.5 cm³/mol. The van der Waals surface area contributed by atoms with E-state index in [9.17, 15) is 0 Å². The van der Waals surface area contributed by atoms with Crippen LogP contribution in [0.15, 0.2) is 12.5 Å². The Bertz CT molecular complexity index is 165. The van der Waals surface area contributed by atoms with Crippen LogP contribution in [-0.2, 0) is 6.54 Å². The zero-order valence-corrected chi connectivity index (χ0v) is 6.54. The smallest absolute Gasteiger partial charge is 0.108 e. The Labute approximate surface area is 61.9 Å². The van der Waals surface area contributed by atoms with Crippen molar-refractivity contribution in [2.24, 2.45) is 5.92 Å². The van der Waals surface area contributed by atoms with Gasteiger partial charge in [0.25, 0.3) is 0 Å². The average molecular weight is 137 g/mol. The summed E-state index contributed by atoms with van der Waals surface area (Å²) in [5, 5.41) is 0. The number of rotatable bonds is 3. The standard InChI is InChI=1S/C8H13N2/c1-8(2)3-5-10-6-4-9-7-10/h6-8H,3,5H2,1-2H3. The van der Waals surface area contributed by atoms with Gasteiger partial charge in [0, 0.05) is 12.7 Å². The number of aryl methyl sites for hydroxylation is 1. The molecule has 0 spiro atoms. The molecular weight excluding hydrogens is 124 g/mol. The first-order valence-corrected chi connectivity index (χ1v) is 3.67. The number of hydrogen-bond acceptors (Lipinski definition) is 1. The van der Waals surface area contributed by atoms with Crippen molar-refractivity contribution in [1.82, 2.24) is 9.55 Å². The first kappa shape index (κ1) is 7.32. The molecule has 2 heteroatoms. The highest BCUT2D eigenvalue weighted by atomic mass is 15.0. The molecule has 0 N–H and O–H groups in total. The van der Waals surface area contributed by atoms with Crippen molar-refractivity contribution in [3.63, 3.8) is 0 Å². The van der Waals surface area contributed by atoms with Gasteiger partial charge in [-0.3, -0.25) is 0 Å². The quantitative estimate of drug-likeness (QED) is 0.620. The molecule has 1 aromatic rings. The Hall–Kier alpha value is -0.790. The van der Waals surface area contributed by atoms with Gasteiger partial charge in [-0.25, -0.2) is 4.98 Å². The third-order valence-electron chi connectivity index (χ3n) is 1.47. The van der Waals surface area contributed by atoms with Gasteiger partial charge in [-0.05, 0) is 12.3 Å². The lowest BCUT2D eigenvalue weighted by Crippen LogP contribution is -1.98. The lowest BCUT2D eigenvalue weighted by atomic mass is 10.1. The van der Waals surface area contributed by atoms with Gasteiger partial charge >= 0.3 is 0 Å². The fourth-order valence-electron chi connectivity index (χ4n) is 0.778. The van der Waals surface area contributed by atoms with Crippen molar-refractivity contribution in [2.75, 3.05) is 0 Å². The molecule has 0 amide bonds. The first-order chi connectivity index (χ1) is 4.79. The zero-order chi connectivity index (χ0) is 7.40. The summed E-state index contributed by atoms with van der Waals surface area (Å²) in [6, 6.07) is 0. The van der Waals surface area contributed by atoms with Crippen LogP contribution in [0.1, 0.15) is 20.3 Å². The Morgan fingerprint density at radius 3 is 2.90 bits per heavy atom. The Morgan fingerprint density at radius 1 is 1.60 bits per heavy atom. The van der Waals surface area contributed by atoms with Crippen molar-refractivity contribution in [3.05, 3.63) is 18.7 Å². The second kappa shape index (κ2) is 3.40. The Balaban J connectivity index is 2.28.